The van der Waals surface area contributed by atoms with E-state index in [0.717, 1.165) is 94.7 Å². The quantitative estimate of drug-likeness (QED) is 0.0930. The molecular weight excluding hydrogens is 777 g/mol. The summed E-state index contributed by atoms with van der Waals surface area (Å²) in [4.78, 5) is 10.8. The minimum absolute atomic E-state index is 0.237. The number of benzene rings is 8. The van der Waals surface area contributed by atoms with Crippen LogP contribution in [0.25, 0.3) is 72.2 Å². The minimum Gasteiger partial charge on any atom is -0.507 e. The van der Waals surface area contributed by atoms with Crippen LogP contribution in [0.15, 0.2) is 243 Å². The average Bonchev–Trinajstić information content (AvgIpc) is 3.35. The van der Waals surface area contributed by atoms with Crippen LogP contribution in [0.1, 0.15) is 34.7 Å². The lowest BCUT2D eigenvalue weighted by atomic mass is 9.89. The van der Waals surface area contributed by atoms with Crippen LogP contribution in [0.5, 0.6) is 5.75 Å². The molecule has 1 heterocycles. The number of allylic oxidation sites excluding steroid dienone is 2. The highest BCUT2D eigenvalue weighted by Gasteiger charge is 2.21. The predicted octanol–water partition coefficient (Wildman–Crippen LogP) is 16.0. The van der Waals surface area contributed by atoms with Crippen molar-refractivity contribution in [2.75, 3.05) is 0 Å². The summed E-state index contributed by atoms with van der Waals surface area (Å²) in [5, 5.41) is 12.2. The van der Waals surface area contributed by atoms with Gasteiger partial charge >= 0.3 is 0 Å². The third-order valence-electron chi connectivity index (χ3n) is 11.9. The van der Waals surface area contributed by atoms with Gasteiger partial charge in [0.2, 0.25) is 0 Å². The molecule has 1 unspecified atom stereocenters. The van der Waals surface area contributed by atoms with E-state index in [9.17, 15) is 5.11 Å². The van der Waals surface area contributed by atoms with Gasteiger partial charge in [-0.2, -0.15) is 0 Å². The zero-order valence-electron chi connectivity index (χ0n) is 36.0. The Bertz CT molecular complexity index is 3180. The van der Waals surface area contributed by atoms with Gasteiger partial charge in [-0.15, -0.1) is 0 Å². The number of fused-ring (bicyclic) bond motifs is 1. The van der Waals surface area contributed by atoms with Gasteiger partial charge in [-0.1, -0.05) is 208 Å². The molecule has 0 amide bonds. The summed E-state index contributed by atoms with van der Waals surface area (Å²) in [6, 6.07) is 70.3. The van der Waals surface area contributed by atoms with Crippen molar-refractivity contribution in [1.29, 1.82) is 0 Å². The molecule has 0 aliphatic carbocycles. The highest BCUT2D eigenvalue weighted by Crippen LogP contribution is 2.43. The number of aromatic nitrogens is 1. The fourth-order valence-electron chi connectivity index (χ4n) is 8.67. The van der Waals surface area contributed by atoms with Gasteiger partial charge in [0, 0.05) is 22.1 Å². The van der Waals surface area contributed by atoms with Crippen LogP contribution in [0.4, 0.5) is 0 Å². The van der Waals surface area contributed by atoms with Crippen molar-refractivity contribution in [3.8, 4) is 61.5 Å². The smallest absolute Gasteiger partial charge is 0.123 e. The van der Waals surface area contributed by atoms with Crippen molar-refractivity contribution in [2.24, 2.45) is 4.99 Å². The molecule has 308 valence electrons. The molecule has 0 saturated heterocycles. The monoisotopic (exact) mass is 824 g/mol. The number of nitrogens with zero attached hydrogens (tertiary/aromatic N) is 2. The van der Waals surface area contributed by atoms with Gasteiger partial charge in [-0.3, -0.25) is 4.99 Å². The second-order valence-electron chi connectivity index (χ2n) is 16.1. The molecule has 1 aromatic heterocycles. The summed E-state index contributed by atoms with van der Waals surface area (Å²) >= 11 is 0. The SMILES string of the molecule is C=CC(=NC(C(=C)CC(=C)c1ccc(-c2ccccc2)cc1)c1cccc(-c2cccc(-c3cccc4c(-c5ccccc5O)c(C)c(-c5ccccc5)nc34)c2)c1)c1ccccc1. The summed E-state index contributed by atoms with van der Waals surface area (Å²) in [6.07, 6.45) is 2.40. The standard InChI is InChI=1S/C61H48N2O/c1-5-56(47-22-11-7-12-23-47)62-59(42(3)38-41(2)44-34-36-46(37-35-44)45-20-9-6-10-21-45)52-29-18-27-50(40-52)49-26-17-28-51(39-49)53-31-19-32-55-58(54-30-15-16-33-57(54)64)43(4)60(63-61(53)55)48-24-13-8-14-25-48/h5-37,39-40,59,64H,1-3,38H2,4H3. The molecule has 0 aliphatic rings. The molecule has 3 nitrogen and oxygen atoms in total. The van der Waals surface area contributed by atoms with E-state index in [0.29, 0.717) is 6.42 Å². The van der Waals surface area contributed by atoms with E-state index in [2.05, 4.69) is 166 Å². The van der Waals surface area contributed by atoms with Crippen molar-refractivity contribution < 1.29 is 5.11 Å². The first-order valence-corrected chi connectivity index (χ1v) is 21.6. The Kier molecular flexibility index (Phi) is 11.9. The molecule has 64 heavy (non-hydrogen) atoms. The normalized spacial score (nSPS) is 11.9. The zero-order valence-corrected chi connectivity index (χ0v) is 36.0. The fourth-order valence-corrected chi connectivity index (χ4v) is 8.67. The zero-order chi connectivity index (χ0) is 44.0. The number of aromatic hydroxyl groups is 1. The number of hydrogen-bond donors (Lipinski definition) is 1. The minimum atomic E-state index is -0.369. The first-order chi connectivity index (χ1) is 31.4. The summed E-state index contributed by atoms with van der Waals surface area (Å²) in [7, 11) is 0. The molecular formula is C61H48N2O. The first kappa shape index (κ1) is 41.2. The topological polar surface area (TPSA) is 45.5 Å². The van der Waals surface area contributed by atoms with E-state index in [1.54, 1.807) is 6.07 Å². The number of phenolic OH excluding ortho intramolecular Hbond substituents is 1. The van der Waals surface area contributed by atoms with Gasteiger partial charge in [0.15, 0.2) is 0 Å². The summed E-state index contributed by atoms with van der Waals surface area (Å²) < 4.78 is 0. The molecule has 9 rings (SSSR count). The molecule has 0 saturated carbocycles. The Labute approximate surface area is 376 Å². The molecule has 0 spiro atoms. The summed E-state index contributed by atoms with van der Waals surface area (Å²) in [5.74, 6) is 0.237. The molecule has 0 radical (unpaired) electrons. The van der Waals surface area contributed by atoms with Crippen molar-refractivity contribution in [1.82, 2.24) is 4.98 Å². The Hall–Kier alpha value is -8.14. The maximum Gasteiger partial charge on any atom is 0.123 e. The van der Waals surface area contributed by atoms with Gasteiger partial charge in [0.05, 0.1) is 23.0 Å². The Morgan fingerprint density at radius 2 is 1.12 bits per heavy atom. The molecule has 0 aliphatic heterocycles. The van der Waals surface area contributed by atoms with E-state index in [1.807, 2.05) is 66.7 Å². The third-order valence-corrected chi connectivity index (χ3v) is 11.9. The van der Waals surface area contributed by atoms with Crippen LogP contribution in [-0.4, -0.2) is 15.8 Å². The average molecular weight is 825 g/mol. The van der Waals surface area contributed by atoms with E-state index in [1.165, 1.54) is 11.1 Å². The molecule has 0 fully saturated rings. The lowest BCUT2D eigenvalue weighted by Crippen LogP contribution is -2.06. The molecule has 9 aromatic rings. The molecule has 1 N–H and O–H groups in total. The van der Waals surface area contributed by atoms with Gasteiger partial charge in [0.25, 0.3) is 0 Å². The van der Waals surface area contributed by atoms with Crippen molar-refractivity contribution in [3.05, 3.63) is 260 Å². The number of pyridine rings is 1. The van der Waals surface area contributed by atoms with Crippen LogP contribution < -0.4 is 0 Å². The summed E-state index contributed by atoms with van der Waals surface area (Å²) in [6.45, 7) is 15.5. The maximum atomic E-state index is 11.2. The van der Waals surface area contributed by atoms with Gasteiger partial charge in [0.1, 0.15) is 5.75 Å². The highest BCUT2D eigenvalue weighted by molar-refractivity contribution is 6.09. The van der Waals surface area contributed by atoms with Crippen molar-refractivity contribution in [2.45, 2.75) is 19.4 Å². The molecule has 3 heteroatoms. The second-order valence-corrected chi connectivity index (χ2v) is 16.1. The van der Waals surface area contributed by atoms with Gasteiger partial charge in [-0.25, -0.2) is 4.98 Å². The van der Waals surface area contributed by atoms with Crippen LogP contribution in [0, 0.1) is 6.92 Å². The number of rotatable bonds is 13. The molecule has 8 aromatic carbocycles. The van der Waals surface area contributed by atoms with Gasteiger partial charge in [-0.05, 0) is 104 Å². The lowest BCUT2D eigenvalue weighted by Gasteiger charge is -2.20. The highest BCUT2D eigenvalue weighted by atomic mass is 16.3. The Morgan fingerprint density at radius 3 is 1.83 bits per heavy atom. The van der Waals surface area contributed by atoms with Crippen LogP contribution >= 0.6 is 0 Å². The van der Waals surface area contributed by atoms with Crippen LogP contribution in [0.3, 0.4) is 0 Å². The third kappa shape index (κ3) is 8.53. The predicted molar refractivity (Wildman–Crippen MR) is 270 cm³/mol. The number of aliphatic imine (C=N–C) groups is 1. The Balaban J connectivity index is 1.10. The van der Waals surface area contributed by atoms with Gasteiger partial charge < -0.3 is 5.11 Å². The largest absolute Gasteiger partial charge is 0.507 e. The van der Waals surface area contributed by atoms with Crippen LogP contribution in [0.2, 0.25) is 0 Å². The van der Waals surface area contributed by atoms with Crippen molar-refractivity contribution in [3.63, 3.8) is 0 Å². The Morgan fingerprint density at radius 1 is 0.562 bits per heavy atom. The molecule has 1 atom stereocenters. The number of para-hydroxylation sites is 2. The number of hydrogen-bond acceptors (Lipinski definition) is 3. The second kappa shape index (κ2) is 18.5. The number of phenols is 1. The van der Waals surface area contributed by atoms with Crippen LogP contribution in [-0.2, 0) is 0 Å². The van der Waals surface area contributed by atoms with E-state index >= 15 is 0 Å². The first-order valence-electron chi connectivity index (χ1n) is 21.6. The maximum absolute atomic E-state index is 11.2. The van der Waals surface area contributed by atoms with Crippen molar-refractivity contribution >= 4 is 22.2 Å². The fraction of sp³-hybridized carbons (Fsp3) is 0.0492. The summed E-state index contributed by atoms with van der Waals surface area (Å²) in [5.41, 5.74) is 17.9. The lowest BCUT2D eigenvalue weighted by molar-refractivity contribution is 0.477. The molecule has 0 bridgehead atoms. The van der Waals surface area contributed by atoms with E-state index in [-0.39, 0.29) is 11.8 Å². The van der Waals surface area contributed by atoms with E-state index < -0.39 is 0 Å². The van der Waals surface area contributed by atoms with E-state index in [4.69, 9.17) is 9.98 Å².